The molecule has 4 nitrogen and oxygen atoms in total. The molecule has 0 aliphatic carbocycles. The van der Waals surface area contributed by atoms with Crippen molar-refractivity contribution < 1.29 is 14.0 Å². The summed E-state index contributed by atoms with van der Waals surface area (Å²) in [6, 6.07) is 13.6. The van der Waals surface area contributed by atoms with Gasteiger partial charge in [0.25, 0.3) is 0 Å². The van der Waals surface area contributed by atoms with Crippen molar-refractivity contribution in [1.82, 2.24) is 10.2 Å². The Bertz CT molecular complexity index is 830. The molecule has 0 saturated heterocycles. The van der Waals surface area contributed by atoms with Crippen molar-refractivity contribution in [3.63, 3.8) is 0 Å². The van der Waals surface area contributed by atoms with Gasteiger partial charge in [-0.15, -0.1) is 11.8 Å². The molecule has 0 unspecified atom stereocenters. The van der Waals surface area contributed by atoms with Crippen molar-refractivity contribution in [2.75, 3.05) is 12.3 Å². The molecule has 7 heteroatoms. The molecule has 0 spiro atoms. The SMILES string of the molecule is CCCCNC(=O)[C@H](CC)N(Cc1ccccc1)C(=O)CSCc1c(F)cccc1Cl. The molecule has 2 rings (SSSR count). The van der Waals surface area contributed by atoms with E-state index < -0.39 is 6.04 Å². The molecule has 0 aliphatic heterocycles. The van der Waals surface area contributed by atoms with Gasteiger partial charge in [-0.05, 0) is 30.5 Å². The maximum Gasteiger partial charge on any atom is 0.242 e. The molecule has 0 fully saturated rings. The number of hydrogen-bond acceptors (Lipinski definition) is 3. The molecule has 0 saturated carbocycles. The van der Waals surface area contributed by atoms with Crippen molar-refractivity contribution in [2.24, 2.45) is 0 Å². The number of nitrogens with one attached hydrogen (secondary N) is 1. The molecule has 0 aromatic heterocycles. The first-order valence-corrected chi connectivity index (χ1v) is 12.1. The van der Waals surface area contributed by atoms with E-state index in [2.05, 4.69) is 12.2 Å². The van der Waals surface area contributed by atoms with Gasteiger partial charge in [-0.2, -0.15) is 0 Å². The summed E-state index contributed by atoms with van der Waals surface area (Å²) in [6.45, 7) is 4.91. The Morgan fingerprint density at radius 1 is 1.13 bits per heavy atom. The number of thioether (sulfide) groups is 1. The largest absolute Gasteiger partial charge is 0.354 e. The van der Waals surface area contributed by atoms with Crippen molar-refractivity contribution >= 4 is 35.2 Å². The number of rotatable bonds is 12. The minimum atomic E-state index is -0.554. The zero-order valence-corrected chi connectivity index (χ0v) is 19.6. The van der Waals surface area contributed by atoms with Gasteiger partial charge in [0.2, 0.25) is 11.8 Å². The molecule has 0 bridgehead atoms. The number of amides is 2. The second kappa shape index (κ2) is 13.4. The molecule has 0 aliphatic rings. The highest BCUT2D eigenvalue weighted by Crippen LogP contribution is 2.24. The third-order valence-corrected chi connectivity index (χ3v) is 6.24. The second-order valence-electron chi connectivity index (χ2n) is 7.27. The lowest BCUT2D eigenvalue weighted by atomic mass is 10.1. The lowest BCUT2D eigenvalue weighted by Crippen LogP contribution is -2.49. The van der Waals surface area contributed by atoms with Crippen molar-refractivity contribution in [2.45, 2.75) is 51.4 Å². The maximum absolute atomic E-state index is 14.0. The predicted molar refractivity (Wildman–Crippen MR) is 127 cm³/mol. The molecular formula is C24H30ClFN2O2S. The zero-order chi connectivity index (χ0) is 22.6. The summed E-state index contributed by atoms with van der Waals surface area (Å²) < 4.78 is 14.0. The van der Waals surface area contributed by atoms with Gasteiger partial charge in [0.15, 0.2) is 0 Å². The van der Waals surface area contributed by atoms with Gasteiger partial charge >= 0.3 is 0 Å². The average Bonchev–Trinajstić information content (AvgIpc) is 2.76. The molecule has 1 N–H and O–H groups in total. The van der Waals surface area contributed by atoms with Gasteiger partial charge in [-0.25, -0.2) is 4.39 Å². The van der Waals surface area contributed by atoms with Gasteiger partial charge < -0.3 is 10.2 Å². The topological polar surface area (TPSA) is 49.4 Å². The van der Waals surface area contributed by atoms with E-state index in [9.17, 15) is 14.0 Å². The molecule has 2 amide bonds. The lowest BCUT2D eigenvalue weighted by Gasteiger charge is -2.30. The van der Waals surface area contributed by atoms with Crippen LogP contribution in [0.3, 0.4) is 0 Å². The van der Waals surface area contributed by atoms with Crippen LogP contribution in [-0.4, -0.2) is 35.1 Å². The molecule has 168 valence electrons. The van der Waals surface area contributed by atoms with Crippen LogP contribution in [0.25, 0.3) is 0 Å². The number of unbranched alkanes of at least 4 members (excludes halogenated alkanes) is 1. The van der Waals surface area contributed by atoms with E-state index >= 15 is 0 Å². The van der Waals surface area contributed by atoms with Crippen LogP contribution in [0.4, 0.5) is 4.39 Å². The van der Waals surface area contributed by atoms with Gasteiger partial charge in [-0.1, -0.05) is 68.3 Å². The standard InChI is InChI=1S/C24H30ClFN2O2S/c1-3-5-14-27-24(30)22(4-2)28(15-18-10-7-6-8-11-18)23(29)17-31-16-19-20(25)12-9-13-21(19)26/h6-13,22H,3-5,14-17H2,1-2H3,(H,27,30)/t22-/m0/s1. The molecule has 31 heavy (non-hydrogen) atoms. The van der Waals surface area contributed by atoms with Gasteiger partial charge in [0, 0.05) is 29.4 Å². The number of hydrogen-bond donors (Lipinski definition) is 1. The summed E-state index contributed by atoms with van der Waals surface area (Å²) in [5.41, 5.74) is 1.35. The first kappa shape index (κ1) is 25.2. The Morgan fingerprint density at radius 3 is 2.52 bits per heavy atom. The highest BCUT2D eigenvalue weighted by molar-refractivity contribution is 7.99. The highest BCUT2D eigenvalue weighted by atomic mass is 35.5. The fourth-order valence-corrected chi connectivity index (χ4v) is 4.45. The summed E-state index contributed by atoms with van der Waals surface area (Å²) in [5.74, 6) is -0.247. The lowest BCUT2D eigenvalue weighted by molar-refractivity contribution is -0.139. The first-order valence-electron chi connectivity index (χ1n) is 10.6. The van der Waals surface area contributed by atoms with E-state index in [0.29, 0.717) is 30.1 Å². The number of benzene rings is 2. The molecule has 0 heterocycles. The van der Waals surface area contributed by atoms with Crippen LogP contribution in [0.1, 0.15) is 44.2 Å². The Morgan fingerprint density at radius 2 is 1.87 bits per heavy atom. The monoisotopic (exact) mass is 464 g/mol. The molecular weight excluding hydrogens is 435 g/mol. The average molecular weight is 465 g/mol. The van der Waals surface area contributed by atoms with Crippen LogP contribution in [0.5, 0.6) is 0 Å². The van der Waals surface area contributed by atoms with E-state index in [0.717, 1.165) is 18.4 Å². The molecule has 2 aromatic carbocycles. The van der Waals surface area contributed by atoms with Crippen molar-refractivity contribution in [3.05, 3.63) is 70.5 Å². The van der Waals surface area contributed by atoms with E-state index in [1.807, 2.05) is 37.3 Å². The molecule has 1 atom stereocenters. The van der Waals surface area contributed by atoms with Crippen LogP contribution in [0, 0.1) is 5.82 Å². The van der Waals surface area contributed by atoms with Crippen molar-refractivity contribution in [3.8, 4) is 0 Å². The minimum Gasteiger partial charge on any atom is -0.354 e. The first-order chi connectivity index (χ1) is 15.0. The Kier molecular flexibility index (Phi) is 10.9. The van der Waals surface area contributed by atoms with Crippen LogP contribution in [0.15, 0.2) is 48.5 Å². The fraction of sp³-hybridized carbons (Fsp3) is 0.417. The van der Waals surface area contributed by atoms with E-state index in [1.165, 1.54) is 17.8 Å². The van der Waals surface area contributed by atoms with E-state index in [4.69, 9.17) is 11.6 Å². The number of carbonyl (C=O) groups excluding carboxylic acids is 2. The third-order valence-electron chi connectivity index (χ3n) is 4.94. The minimum absolute atomic E-state index is 0.135. The van der Waals surface area contributed by atoms with Crippen LogP contribution in [0.2, 0.25) is 5.02 Å². The van der Waals surface area contributed by atoms with Gasteiger partial charge in [0.1, 0.15) is 11.9 Å². The quantitative estimate of drug-likeness (QED) is 0.426. The fourth-order valence-electron chi connectivity index (χ4n) is 3.20. The second-order valence-corrected chi connectivity index (χ2v) is 8.66. The zero-order valence-electron chi connectivity index (χ0n) is 18.1. The molecule has 2 aromatic rings. The summed E-state index contributed by atoms with van der Waals surface area (Å²) in [7, 11) is 0. The summed E-state index contributed by atoms with van der Waals surface area (Å²) in [6.07, 6.45) is 2.40. The Hall–Kier alpha value is -2.05. The Balaban J connectivity index is 2.10. The third kappa shape index (κ3) is 7.86. The predicted octanol–water partition coefficient (Wildman–Crippen LogP) is 5.44. The highest BCUT2D eigenvalue weighted by Gasteiger charge is 2.28. The number of carbonyl (C=O) groups is 2. The van der Waals surface area contributed by atoms with E-state index in [-0.39, 0.29) is 29.1 Å². The Labute approximate surface area is 193 Å². The van der Waals surface area contributed by atoms with Gasteiger partial charge in [-0.3, -0.25) is 9.59 Å². The molecule has 0 radical (unpaired) electrons. The van der Waals surface area contributed by atoms with Crippen LogP contribution in [-0.2, 0) is 21.9 Å². The van der Waals surface area contributed by atoms with Crippen molar-refractivity contribution in [1.29, 1.82) is 0 Å². The summed E-state index contributed by atoms with van der Waals surface area (Å²) in [4.78, 5) is 27.6. The van der Waals surface area contributed by atoms with Crippen LogP contribution < -0.4 is 5.32 Å². The van der Waals surface area contributed by atoms with Crippen LogP contribution >= 0.6 is 23.4 Å². The normalized spacial score (nSPS) is 11.7. The summed E-state index contributed by atoms with van der Waals surface area (Å²) >= 11 is 7.38. The number of nitrogens with zero attached hydrogens (tertiary/aromatic N) is 1. The smallest absolute Gasteiger partial charge is 0.242 e. The van der Waals surface area contributed by atoms with E-state index in [1.54, 1.807) is 17.0 Å². The summed E-state index contributed by atoms with van der Waals surface area (Å²) in [5, 5.41) is 3.30. The number of halogens is 2. The maximum atomic E-state index is 14.0. The van der Waals surface area contributed by atoms with Gasteiger partial charge in [0.05, 0.1) is 5.75 Å².